The van der Waals surface area contributed by atoms with Gasteiger partial charge in [0, 0.05) is 0 Å². The molecule has 3 heteroatoms. The Balaban J connectivity index is 1.53. The lowest BCUT2D eigenvalue weighted by Crippen LogP contribution is -1.99. The van der Waals surface area contributed by atoms with Crippen molar-refractivity contribution in [2.45, 2.75) is 0 Å². The predicted octanol–water partition coefficient (Wildman–Crippen LogP) is 5.59. The Morgan fingerprint density at radius 1 is 0.444 bits per heavy atom. The van der Waals surface area contributed by atoms with E-state index < -0.39 is 0 Å². The van der Waals surface area contributed by atoms with Gasteiger partial charge in [0.2, 0.25) is 0 Å². The molecule has 0 saturated heterocycles. The highest BCUT2D eigenvalue weighted by molar-refractivity contribution is 6.17. The van der Waals surface area contributed by atoms with Crippen LogP contribution in [0.1, 0.15) is 0 Å². The van der Waals surface area contributed by atoms with Crippen molar-refractivity contribution in [1.29, 1.82) is 0 Å². The van der Waals surface area contributed by atoms with E-state index in [-0.39, 0.29) is 0 Å². The monoisotopic (exact) mass is 349 g/mol. The van der Waals surface area contributed by atoms with Crippen molar-refractivity contribution in [3.63, 3.8) is 0 Å². The molecule has 129 valence electrons. The molecular formula is C24H18BO2. The van der Waals surface area contributed by atoms with Crippen LogP contribution in [0.25, 0.3) is 33.4 Å². The third-order valence-electron chi connectivity index (χ3n) is 4.59. The van der Waals surface area contributed by atoms with Crippen molar-refractivity contribution in [3.8, 4) is 39.1 Å². The van der Waals surface area contributed by atoms with E-state index >= 15 is 0 Å². The van der Waals surface area contributed by atoms with E-state index in [9.17, 15) is 0 Å². The first-order valence-corrected chi connectivity index (χ1v) is 8.82. The van der Waals surface area contributed by atoms with E-state index in [2.05, 4.69) is 72.8 Å². The average Bonchev–Trinajstić information content (AvgIpc) is 2.75. The SMILES string of the molecule is O[B]Oc1ccc(-c2ccc(-c3ccc(-c4ccccc4)cc3)cc2)cc1. The summed E-state index contributed by atoms with van der Waals surface area (Å²) in [5.74, 6) is 0.608. The summed E-state index contributed by atoms with van der Waals surface area (Å²) in [7, 11) is 0.687. The maximum Gasteiger partial charge on any atom is 0.569 e. The average molecular weight is 349 g/mol. The Labute approximate surface area is 160 Å². The Morgan fingerprint density at radius 3 is 1.15 bits per heavy atom. The molecule has 27 heavy (non-hydrogen) atoms. The number of rotatable bonds is 5. The maximum atomic E-state index is 8.68. The fourth-order valence-corrected chi connectivity index (χ4v) is 3.13. The van der Waals surface area contributed by atoms with Crippen molar-refractivity contribution < 1.29 is 9.68 Å². The molecule has 4 rings (SSSR count). The fraction of sp³-hybridized carbons (Fsp3) is 0. The Kier molecular flexibility index (Phi) is 5.04. The summed E-state index contributed by atoms with van der Waals surface area (Å²) in [6.45, 7) is 0. The molecule has 0 aromatic heterocycles. The van der Waals surface area contributed by atoms with Crippen molar-refractivity contribution in [3.05, 3.63) is 103 Å². The van der Waals surface area contributed by atoms with Crippen molar-refractivity contribution >= 4 is 7.69 Å². The quantitative estimate of drug-likeness (QED) is 0.476. The molecule has 0 aliphatic carbocycles. The minimum absolute atomic E-state index is 0.608. The molecular weight excluding hydrogens is 331 g/mol. The van der Waals surface area contributed by atoms with Gasteiger partial charge in [0.25, 0.3) is 0 Å². The smallest absolute Gasteiger partial charge is 0.537 e. The van der Waals surface area contributed by atoms with Gasteiger partial charge in [-0.3, -0.25) is 0 Å². The van der Waals surface area contributed by atoms with Crippen LogP contribution < -0.4 is 4.65 Å². The van der Waals surface area contributed by atoms with Crippen LogP contribution in [0.2, 0.25) is 0 Å². The maximum absolute atomic E-state index is 8.68. The molecule has 1 N–H and O–H groups in total. The van der Waals surface area contributed by atoms with Gasteiger partial charge < -0.3 is 9.68 Å². The standard InChI is InChI=1S/C24H18BO2/c26-25-27-24-16-14-23(15-17-24)22-12-10-21(11-13-22)20-8-6-19(7-9-20)18-4-2-1-3-5-18/h1-17,26H. The zero-order valence-electron chi connectivity index (χ0n) is 14.7. The van der Waals surface area contributed by atoms with Gasteiger partial charge in [0.15, 0.2) is 0 Å². The Morgan fingerprint density at radius 2 is 0.778 bits per heavy atom. The predicted molar refractivity (Wildman–Crippen MR) is 111 cm³/mol. The van der Waals surface area contributed by atoms with Crippen LogP contribution in [0.15, 0.2) is 103 Å². The molecule has 4 aromatic carbocycles. The third kappa shape index (κ3) is 3.94. The topological polar surface area (TPSA) is 29.5 Å². The molecule has 0 unspecified atom stereocenters. The van der Waals surface area contributed by atoms with Crippen LogP contribution in [0.4, 0.5) is 0 Å². The van der Waals surface area contributed by atoms with E-state index in [0.717, 1.165) is 11.1 Å². The molecule has 0 aliphatic heterocycles. The van der Waals surface area contributed by atoms with Gasteiger partial charge in [0.05, 0.1) is 0 Å². The van der Waals surface area contributed by atoms with Gasteiger partial charge in [-0.15, -0.1) is 0 Å². The first kappa shape index (κ1) is 17.1. The van der Waals surface area contributed by atoms with Crippen molar-refractivity contribution in [2.75, 3.05) is 0 Å². The minimum Gasteiger partial charge on any atom is -0.537 e. The summed E-state index contributed by atoms with van der Waals surface area (Å²) in [4.78, 5) is 0. The minimum atomic E-state index is 0.608. The second kappa shape index (κ2) is 7.94. The van der Waals surface area contributed by atoms with E-state index in [4.69, 9.17) is 9.68 Å². The molecule has 2 nitrogen and oxygen atoms in total. The highest BCUT2D eigenvalue weighted by Crippen LogP contribution is 2.28. The molecule has 0 atom stereocenters. The second-order valence-corrected chi connectivity index (χ2v) is 6.27. The molecule has 0 amide bonds. The highest BCUT2D eigenvalue weighted by atomic mass is 16.5. The van der Waals surface area contributed by atoms with Gasteiger partial charge in [0.1, 0.15) is 5.75 Å². The fourth-order valence-electron chi connectivity index (χ4n) is 3.13. The largest absolute Gasteiger partial charge is 0.569 e. The van der Waals surface area contributed by atoms with Gasteiger partial charge in [-0.25, -0.2) is 0 Å². The molecule has 0 spiro atoms. The molecule has 0 heterocycles. The number of hydrogen-bond acceptors (Lipinski definition) is 2. The van der Waals surface area contributed by atoms with E-state index in [1.807, 2.05) is 30.3 Å². The van der Waals surface area contributed by atoms with Crippen LogP contribution in [-0.2, 0) is 0 Å². The van der Waals surface area contributed by atoms with Gasteiger partial charge in [-0.05, 0) is 45.5 Å². The lowest BCUT2D eigenvalue weighted by molar-refractivity contribution is 0.454. The van der Waals surface area contributed by atoms with Crippen LogP contribution in [0.5, 0.6) is 5.75 Å². The highest BCUT2D eigenvalue weighted by Gasteiger charge is 2.03. The van der Waals surface area contributed by atoms with Crippen LogP contribution >= 0.6 is 0 Å². The summed E-state index contributed by atoms with van der Waals surface area (Å²) in [5, 5.41) is 8.68. The second-order valence-electron chi connectivity index (χ2n) is 6.27. The summed E-state index contributed by atoms with van der Waals surface area (Å²) in [6.07, 6.45) is 0. The molecule has 0 aliphatic rings. The van der Waals surface area contributed by atoms with Crippen LogP contribution in [0, 0.1) is 0 Å². The third-order valence-corrected chi connectivity index (χ3v) is 4.59. The number of benzene rings is 4. The van der Waals surface area contributed by atoms with Gasteiger partial charge in [-0.2, -0.15) is 0 Å². The van der Waals surface area contributed by atoms with Crippen molar-refractivity contribution in [2.24, 2.45) is 0 Å². The molecule has 1 radical (unpaired) electrons. The van der Waals surface area contributed by atoms with E-state index in [1.54, 1.807) is 0 Å². The molecule has 4 aromatic rings. The molecule has 0 bridgehead atoms. The van der Waals surface area contributed by atoms with E-state index in [1.165, 1.54) is 22.3 Å². The molecule has 0 saturated carbocycles. The Hall–Kier alpha value is -3.30. The van der Waals surface area contributed by atoms with Gasteiger partial charge in [-0.1, -0.05) is 91.0 Å². The summed E-state index contributed by atoms with van der Waals surface area (Å²) in [5.41, 5.74) is 7.08. The summed E-state index contributed by atoms with van der Waals surface area (Å²) < 4.78 is 4.95. The lowest BCUT2D eigenvalue weighted by atomic mass is 9.98. The lowest BCUT2D eigenvalue weighted by Gasteiger charge is -2.08. The number of hydrogen-bond donors (Lipinski definition) is 1. The summed E-state index contributed by atoms with van der Waals surface area (Å²) >= 11 is 0. The first-order chi connectivity index (χ1) is 13.3. The first-order valence-electron chi connectivity index (χ1n) is 8.82. The summed E-state index contributed by atoms with van der Waals surface area (Å²) in [6, 6.07) is 35.2. The van der Waals surface area contributed by atoms with E-state index in [0.29, 0.717) is 13.4 Å². The van der Waals surface area contributed by atoms with Crippen LogP contribution in [0.3, 0.4) is 0 Å². The van der Waals surface area contributed by atoms with Gasteiger partial charge >= 0.3 is 7.69 Å². The zero-order valence-corrected chi connectivity index (χ0v) is 14.7. The van der Waals surface area contributed by atoms with Crippen LogP contribution in [-0.4, -0.2) is 12.7 Å². The normalized spacial score (nSPS) is 10.4. The molecule has 0 fully saturated rings. The van der Waals surface area contributed by atoms with Crippen molar-refractivity contribution in [1.82, 2.24) is 0 Å². The Bertz CT molecular complexity index is 993. The zero-order chi connectivity index (χ0) is 18.5.